The highest BCUT2D eigenvalue weighted by atomic mass is 16.2. The van der Waals surface area contributed by atoms with Gasteiger partial charge >= 0.3 is 6.03 Å². The molecule has 1 aliphatic rings. The summed E-state index contributed by atoms with van der Waals surface area (Å²) >= 11 is 0. The third-order valence-electron chi connectivity index (χ3n) is 5.64. The fraction of sp³-hybridized carbons (Fsp3) is 0.381. The van der Waals surface area contributed by atoms with Crippen molar-refractivity contribution in [3.8, 4) is 0 Å². The van der Waals surface area contributed by atoms with E-state index >= 15 is 0 Å². The van der Waals surface area contributed by atoms with Crippen LogP contribution >= 0.6 is 0 Å². The minimum Gasteiger partial charge on any atom is -0.348 e. The van der Waals surface area contributed by atoms with Crippen LogP contribution in [0.15, 0.2) is 42.9 Å². The van der Waals surface area contributed by atoms with Crippen molar-refractivity contribution in [2.24, 2.45) is 0 Å². The molecule has 7 nitrogen and oxygen atoms in total. The van der Waals surface area contributed by atoms with E-state index in [9.17, 15) is 4.79 Å². The molecule has 3 aromatic rings. The predicted molar refractivity (Wildman–Crippen MR) is 107 cm³/mol. The maximum atomic E-state index is 13.0. The highest BCUT2D eigenvalue weighted by Gasteiger charge is 2.32. The molecule has 0 aromatic carbocycles. The molecule has 1 unspecified atom stereocenters. The third kappa shape index (κ3) is 3.28. The Morgan fingerprint density at radius 2 is 2.07 bits per heavy atom. The Balaban J connectivity index is 1.49. The number of rotatable bonds is 4. The fourth-order valence-electron chi connectivity index (χ4n) is 3.87. The number of pyridine rings is 1. The zero-order chi connectivity index (χ0) is 19.7. The molecule has 7 heteroatoms. The van der Waals surface area contributed by atoms with E-state index in [1.54, 1.807) is 6.20 Å². The number of amides is 2. The van der Waals surface area contributed by atoms with Gasteiger partial charge in [-0.25, -0.2) is 4.79 Å². The van der Waals surface area contributed by atoms with E-state index in [0.29, 0.717) is 19.6 Å². The summed E-state index contributed by atoms with van der Waals surface area (Å²) in [6.45, 7) is 8.81. The summed E-state index contributed by atoms with van der Waals surface area (Å²) in [5.41, 5.74) is 5.53. The van der Waals surface area contributed by atoms with Crippen molar-refractivity contribution in [2.45, 2.75) is 39.9 Å². The quantitative estimate of drug-likeness (QED) is 0.759. The Bertz CT molecular complexity index is 974. The van der Waals surface area contributed by atoms with Crippen LogP contribution in [0.25, 0.3) is 0 Å². The van der Waals surface area contributed by atoms with Gasteiger partial charge in [-0.15, -0.1) is 0 Å². The van der Waals surface area contributed by atoms with E-state index in [2.05, 4.69) is 46.1 Å². The van der Waals surface area contributed by atoms with Gasteiger partial charge in [0.05, 0.1) is 12.2 Å². The summed E-state index contributed by atoms with van der Waals surface area (Å²) in [4.78, 5) is 19.2. The van der Waals surface area contributed by atoms with Crippen molar-refractivity contribution in [1.29, 1.82) is 0 Å². The second-order valence-electron chi connectivity index (χ2n) is 7.26. The highest BCUT2D eigenvalue weighted by molar-refractivity contribution is 5.75. The van der Waals surface area contributed by atoms with Gasteiger partial charge in [0.15, 0.2) is 0 Å². The van der Waals surface area contributed by atoms with Gasteiger partial charge in [0.2, 0.25) is 0 Å². The molecule has 28 heavy (non-hydrogen) atoms. The average molecular weight is 378 g/mol. The highest BCUT2D eigenvalue weighted by Crippen LogP contribution is 2.31. The van der Waals surface area contributed by atoms with Crippen LogP contribution in [-0.2, 0) is 13.1 Å². The lowest BCUT2D eigenvalue weighted by atomic mass is 10.0. The Hall–Kier alpha value is -3.09. The number of carbonyl (C=O) groups excluding carboxylic acids is 1. The van der Waals surface area contributed by atoms with Gasteiger partial charge in [0, 0.05) is 49.6 Å². The van der Waals surface area contributed by atoms with Crippen LogP contribution < -0.4 is 5.32 Å². The van der Waals surface area contributed by atoms with Crippen LogP contribution in [0.2, 0.25) is 0 Å². The standard InChI is InChI=1S/C21H26N6O/c1-15-16(2)24-27(17(15)3)11-9-23-21(28)26-13-12-25-10-5-7-19(25)20(26)18-6-4-8-22-14-18/h4-8,10,14,20H,9,11-13H2,1-3H3,(H,23,28). The average Bonchev–Trinajstić information content (AvgIpc) is 3.28. The van der Waals surface area contributed by atoms with Crippen LogP contribution in [0.5, 0.6) is 0 Å². The van der Waals surface area contributed by atoms with Crippen molar-refractivity contribution in [3.63, 3.8) is 0 Å². The SMILES string of the molecule is Cc1nn(CCNC(=O)N2CCn3cccc3C2c2cccnc2)c(C)c1C. The molecule has 0 bridgehead atoms. The first-order valence-electron chi connectivity index (χ1n) is 9.66. The van der Waals surface area contributed by atoms with Gasteiger partial charge in [-0.2, -0.15) is 5.10 Å². The van der Waals surface area contributed by atoms with Crippen molar-refractivity contribution in [2.75, 3.05) is 13.1 Å². The van der Waals surface area contributed by atoms with Gasteiger partial charge in [0.1, 0.15) is 6.04 Å². The molecule has 0 saturated heterocycles. The van der Waals surface area contributed by atoms with E-state index in [4.69, 9.17) is 0 Å². The first-order chi connectivity index (χ1) is 13.6. The van der Waals surface area contributed by atoms with Gasteiger partial charge in [-0.1, -0.05) is 6.07 Å². The lowest BCUT2D eigenvalue weighted by Gasteiger charge is -2.37. The first kappa shape index (κ1) is 18.3. The van der Waals surface area contributed by atoms with E-state index in [-0.39, 0.29) is 12.1 Å². The number of nitrogens with one attached hydrogen (secondary N) is 1. The zero-order valence-corrected chi connectivity index (χ0v) is 16.6. The van der Waals surface area contributed by atoms with Crippen LogP contribution in [0.4, 0.5) is 4.79 Å². The summed E-state index contributed by atoms with van der Waals surface area (Å²) in [6, 6.07) is 7.87. The molecule has 4 rings (SSSR count). The number of aromatic nitrogens is 4. The Kier molecular flexibility index (Phi) is 4.90. The second kappa shape index (κ2) is 7.50. The summed E-state index contributed by atoms with van der Waals surface area (Å²) < 4.78 is 4.17. The van der Waals surface area contributed by atoms with Gasteiger partial charge < -0.3 is 14.8 Å². The third-order valence-corrected chi connectivity index (χ3v) is 5.64. The largest absolute Gasteiger partial charge is 0.348 e. The van der Waals surface area contributed by atoms with Crippen molar-refractivity contribution in [1.82, 2.24) is 29.5 Å². The molecular formula is C21H26N6O. The van der Waals surface area contributed by atoms with E-state index in [1.807, 2.05) is 40.9 Å². The minimum absolute atomic E-state index is 0.0560. The van der Waals surface area contributed by atoms with E-state index < -0.39 is 0 Å². The summed E-state index contributed by atoms with van der Waals surface area (Å²) in [5.74, 6) is 0. The van der Waals surface area contributed by atoms with E-state index in [1.165, 1.54) is 5.56 Å². The Morgan fingerprint density at radius 3 is 2.79 bits per heavy atom. The topological polar surface area (TPSA) is 68.0 Å². The lowest BCUT2D eigenvalue weighted by Crippen LogP contribution is -2.47. The summed E-state index contributed by atoms with van der Waals surface area (Å²) in [6.07, 6.45) is 5.66. The number of nitrogens with zero attached hydrogens (tertiary/aromatic N) is 5. The lowest BCUT2D eigenvalue weighted by molar-refractivity contribution is 0.168. The van der Waals surface area contributed by atoms with Crippen molar-refractivity contribution < 1.29 is 4.79 Å². The molecule has 0 spiro atoms. The Morgan fingerprint density at radius 1 is 1.21 bits per heavy atom. The first-order valence-corrected chi connectivity index (χ1v) is 9.66. The van der Waals surface area contributed by atoms with E-state index in [0.717, 1.165) is 29.2 Å². The van der Waals surface area contributed by atoms with Gasteiger partial charge in [-0.05, 0) is 50.1 Å². The molecule has 146 valence electrons. The van der Waals surface area contributed by atoms with Crippen LogP contribution in [0, 0.1) is 20.8 Å². The molecule has 0 radical (unpaired) electrons. The smallest absolute Gasteiger partial charge is 0.318 e. The maximum Gasteiger partial charge on any atom is 0.318 e. The van der Waals surface area contributed by atoms with Gasteiger partial charge in [0.25, 0.3) is 0 Å². The maximum absolute atomic E-state index is 13.0. The molecule has 1 atom stereocenters. The Labute approximate surface area is 165 Å². The molecule has 0 fully saturated rings. The number of urea groups is 1. The number of carbonyl (C=O) groups is 1. The number of aryl methyl sites for hydroxylation is 1. The molecule has 1 aliphatic heterocycles. The zero-order valence-electron chi connectivity index (χ0n) is 16.6. The normalized spacial score (nSPS) is 16.1. The molecular weight excluding hydrogens is 352 g/mol. The molecule has 2 amide bonds. The number of hydrogen-bond donors (Lipinski definition) is 1. The molecule has 0 saturated carbocycles. The molecule has 1 N–H and O–H groups in total. The van der Waals surface area contributed by atoms with Crippen molar-refractivity contribution in [3.05, 3.63) is 71.1 Å². The second-order valence-corrected chi connectivity index (χ2v) is 7.26. The minimum atomic E-state index is -0.131. The molecule has 3 aromatic heterocycles. The fourth-order valence-corrected chi connectivity index (χ4v) is 3.87. The number of fused-ring (bicyclic) bond motifs is 1. The monoisotopic (exact) mass is 378 g/mol. The predicted octanol–water partition coefficient (Wildman–Crippen LogP) is 2.82. The van der Waals surface area contributed by atoms with Crippen LogP contribution in [0.3, 0.4) is 0 Å². The number of hydrogen-bond acceptors (Lipinski definition) is 3. The molecule has 0 aliphatic carbocycles. The van der Waals surface area contributed by atoms with Crippen LogP contribution in [-0.4, -0.2) is 43.4 Å². The van der Waals surface area contributed by atoms with Crippen molar-refractivity contribution >= 4 is 6.03 Å². The summed E-state index contributed by atoms with van der Waals surface area (Å²) in [5, 5.41) is 7.62. The summed E-state index contributed by atoms with van der Waals surface area (Å²) in [7, 11) is 0. The van der Waals surface area contributed by atoms with Crippen LogP contribution in [0.1, 0.15) is 34.3 Å². The molecule has 4 heterocycles. The van der Waals surface area contributed by atoms with Gasteiger partial charge in [-0.3, -0.25) is 9.67 Å².